The van der Waals surface area contributed by atoms with E-state index in [4.69, 9.17) is 4.74 Å². The molecule has 0 bridgehead atoms. The molecule has 0 saturated carbocycles. The van der Waals surface area contributed by atoms with Crippen LogP contribution in [-0.2, 0) is 17.9 Å². The van der Waals surface area contributed by atoms with Crippen LogP contribution in [-0.4, -0.2) is 7.11 Å². The molecule has 2 rings (SSSR count). The van der Waals surface area contributed by atoms with Crippen LogP contribution in [0.3, 0.4) is 0 Å². The Kier molecular flexibility index (Phi) is 5.00. The van der Waals surface area contributed by atoms with Crippen LogP contribution in [0, 0.1) is 6.92 Å². The molecule has 100 valence electrons. The first kappa shape index (κ1) is 14.1. The minimum absolute atomic E-state index is 0.665. The predicted octanol–water partition coefficient (Wildman–Crippen LogP) is 4.52. The lowest BCUT2D eigenvalue weighted by Gasteiger charge is -2.10. The highest BCUT2D eigenvalue weighted by Crippen LogP contribution is 2.21. The van der Waals surface area contributed by atoms with Gasteiger partial charge in [0.15, 0.2) is 0 Å². The van der Waals surface area contributed by atoms with Gasteiger partial charge in [0.1, 0.15) is 0 Å². The number of nitrogens with one attached hydrogen (secondary N) is 1. The third-order valence-electron chi connectivity index (χ3n) is 3.02. The molecule has 0 saturated heterocycles. The van der Waals surface area contributed by atoms with Crippen molar-refractivity contribution in [2.24, 2.45) is 0 Å². The Balaban J connectivity index is 2.00. The van der Waals surface area contributed by atoms with E-state index in [0.29, 0.717) is 6.61 Å². The Labute approximate surface area is 122 Å². The Hall–Kier alpha value is -1.32. The molecule has 0 amide bonds. The molecule has 0 unspecified atom stereocenters. The summed E-state index contributed by atoms with van der Waals surface area (Å²) < 4.78 is 6.20. The van der Waals surface area contributed by atoms with Gasteiger partial charge in [-0.3, -0.25) is 0 Å². The number of halogens is 1. The maximum Gasteiger partial charge on any atom is 0.0713 e. The van der Waals surface area contributed by atoms with Crippen LogP contribution in [0.2, 0.25) is 0 Å². The minimum Gasteiger partial charge on any atom is -0.381 e. The predicted molar refractivity (Wildman–Crippen MR) is 83.4 cm³/mol. The first-order chi connectivity index (χ1) is 9.19. The van der Waals surface area contributed by atoms with Gasteiger partial charge in [-0.05, 0) is 35.7 Å². The van der Waals surface area contributed by atoms with Crippen molar-refractivity contribution in [1.82, 2.24) is 0 Å². The zero-order valence-corrected chi connectivity index (χ0v) is 12.8. The van der Waals surface area contributed by atoms with Gasteiger partial charge in [0.25, 0.3) is 0 Å². The second-order valence-electron chi connectivity index (χ2n) is 4.56. The monoisotopic (exact) mass is 319 g/mol. The van der Waals surface area contributed by atoms with Gasteiger partial charge in [-0.2, -0.15) is 0 Å². The largest absolute Gasteiger partial charge is 0.381 e. The van der Waals surface area contributed by atoms with E-state index in [9.17, 15) is 0 Å². The van der Waals surface area contributed by atoms with E-state index >= 15 is 0 Å². The van der Waals surface area contributed by atoms with Crippen molar-refractivity contribution in [2.45, 2.75) is 20.1 Å². The van der Waals surface area contributed by atoms with E-state index < -0.39 is 0 Å². The summed E-state index contributed by atoms with van der Waals surface area (Å²) in [6, 6.07) is 14.7. The van der Waals surface area contributed by atoms with Crippen LogP contribution in [0.4, 0.5) is 5.69 Å². The van der Waals surface area contributed by atoms with Crippen LogP contribution < -0.4 is 5.32 Å². The summed E-state index contributed by atoms with van der Waals surface area (Å²) in [5.41, 5.74) is 4.87. The fourth-order valence-electron chi connectivity index (χ4n) is 1.90. The SMILES string of the molecule is COCc1ccc(CNc2cc(Br)ccc2C)cc1. The summed E-state index contributed by atoms with van der Waals surface area (Å²) in [5, 5.41) is 3.46. The molecule has 2 nitrogen and oxygen atoms in total. The van der Waals surface area contributed by atoms with E-state index in [1.807, 2.05) is 0 Å². The van der Waals surface area contributed by atoms with Crippen LogP contribution in [0.25, 0.3) is 0 Å². The maximum atomic E-state index is 5.11. The molecule has 0 atom stereocenters. The zero-order valence-electron chi connectivity index (χ0n) is 11.2. The maximum absolute atomic E-state index is 5.11. The van der Waals surface area contributed by atoms with Crippen molar-refractivity contribution < 1.29 is 4.74 Å². The van der Waals surface area contributed by atoms with E-state index in [-0.39, 0.29) is 0 Å². The third-order valence-corrected chi connectivity index (χ3v) is 3.51. The molecule has 0 aromatic heterocycles. The molecule has 0 aliphatic heterocycles. The highest BCUT2D eigenvalue weighted by atomic mass is 79.9. The molecule has 19 heavy (non-hydrogen) atoms. The molecule has 0 heterocycles. The van der Waals surface area contributed by atoms with Gasteiger partial charge in [-0.25, -0.2) is 0 Å². The van der Waals surface area contributed by atoms with Gasteiger partial charge in [-0.1, -0.05) is 46.3 Å². The van der Waals surface area contributed by atoms with Gasteiger partial charge in [-0.15, -0.1) is 0 Å². The van der Waals surface area contributed by atoms with E-state index in [2.05, 4.69) is 70.6 Å². The lowest BCUT2D eigenvalue weighted by atomic mass is 10.1. The van der Waals surface area contributed by atoms with Gasteiger partial charge in [0, 0.05) is 23.8 Å². The van der Waals surface area contributed by atoms with Crippen molar-refractivity contribution in [3.8, 4) is 0 Å². The number of ether oxygens (including phenoxy) is 1. The highest BCUT2D eigenvalue weighted by molar-refractivity contribution is 9.10. The Bertz CT molecular complexity index is 537. The first-order valence-electron chi connectivity index (χ1n) is 6.26. The number of hydrogen-bond acceptors (Lipinski definition) is 2. The van der Waals surface area contributed by atoms with Crippen molar-refractivity contribution in [3.63, 3.8) is 0 Å². The average Bonchev–Trinajstić information content (AvgIpc) is 2.42. The first-order valence-corrected chi connectivity index (χ1v) is 7.05. The topological polar surface area (TPSA) is 21.3 Å². The quantitative estimate of drug-likeness (QED) is 0.875. The standard InChI is InChI=1S/C16H18BrNO/c1-12-3-8-15(17)9-16(12)18-10-13-4-6-14(7-5-13)11-19-2/h3-9,18H,10-11H2,1-2H3. The van der Waals surface area contributed by atoms with Gasteiger partial charge >= 0.3 is 0 Å². The summed E-state index contributed by atoms with van der Waals surface area (Å²) in [7, 11) is 1.71. The van der Waals surface area contributed by atoms with E-state index in [1.54, 1.807) is 7.11 Å². The number of aryl methyl sites for hydroxylation is 1. The van der Waals surface area contributed by atoms with E-state index in [1.165, 1.54) is 16.7 Å². The van der Waals surface area contributed by atoms with Crippen molar-refractivity contribution in [1.29, 1.82) is 0 Å². The lowest BCUT2D eigenvalue weighted by Crippen LogP contribution is -2.01. The van der Waals surface area contributed by atoms with Gasteiger partial charge in [0.05, 0.1) is 6.61 Å². The normalized spacial score (nSPS) is 10.5. The van der Waals surface area contributed by atoms with Gasteiger partial charge in [0.2, 0.25) is 0 Å². The Morgan fingerprint density at radius 2 is 1.74 bits per heavy atom. The summed E-state index contributed by atoms with van der Waals surface area (Å²) >= 11 is 3.50. The van der Waals surface area contributed by atoms with Crippen molar-refractivity contribution in [2.75, 3.05) is 12.4 Å². The highest BCUT2D eigenvalue weighted by Gasteiger charge is 2.00. The summed E-state index contributed by atoms with van der Waals surface area (Å²) in [4.78, 5) is 0. The molecule has 2 aromatic rings. The minimum atomic E-state index is 0.665. The number of anilines is 1. The molecular formula is C16H18BrNO. The number of benzene rings is 2. The summed E-state index contributed by atoms with van der Waals surface area (Å²) in [6.07, 6.45) is 0. The van der Waals surface area contributed by atoms with Crippen molar-refractivity contribution in [3.05, 3.63) is 63.6 Å². The van der Waals surface area contributed by atoms with Crippen molar-refractivity contribution >= 4 is 21.6 Å². The van der Waals surface area contributed by atoms with Gasteiger partial charge < -0.3 is 10.1 Å². The van der Waals surface area contributed by atoms with E-state index in [0.717, 1.165) is 16.7 Å². The molecule has 2 aromatic carbocycles. The molecule has 0 radical (unpaired) electrons. The lowest BCUT2D eigenvalue weighted by molar-refractivity contribution is 0.185. The molecule has 0 spiro atoms. The molecule has 0 aliphatic rings. The zero-order chi connectivity index (χ0) is 13.7. The Morgan fingerprint density at radius 3 is 2.42 bits per heavy atom. The van der Waals surface area contributed by atoms with Crippen LogP contribution in [0.1, 0.15) is 16.7 Å². The number of methoxy groups -OCH3 is 1. The van der Waals surface area contributed by atoms with Crippen LogP contribution in [0.5, 0.6) is 0 Å². The fraction of sp³-hybridized carbons (Fsp3) is 0.250. The Morgan fingerprint density at radius 1 is 1.05 bits per heavy atom. The molecule has 3 heteroatoms. The smallest absolute Gasteiger partial charge is 0.0713 e. The molecule has 0 aliphatic carbocycles. The van der Waals surface area contributed by atoms with Crippen LogP contribution in [0.15, 0.2) is 46.9 Å². The second kappa shape index (κ2) is 6.73. The second-order valence-corrected chi connectivity index (χ2v) is 5.48. The fourth-order valence-corrected chi connectivity index (χ4v) is 2.26. The van der Waals surface area contributed by atoms with Crippen LogP contribution >= 0.6 is 15.9 Å². The summed E-state index contributed by atoms with van der Waals surface area (Å²) in [6.45, 7) is 3.60. The molecule has 1 N–H and O–H groups in total. The summed E-state index contributed by atoms with van der Waals surface area (Å²) in [5.74, 6) is 0. The molecular weight excluding hydrogens is 302 g/mol. The molecule has 0 fully saturated rings. The third kappa shape index (κ3) is 4.08. The average molecular weight is 320 g/mol. The number of hydrogen-bond donors (Lipinski definition) is 1. The number of rotatable bonds is 5.